The van der Waals surface area contributed by atoms with Gasteiger partial charge in [-0.05, 0) is 6.92 Å². The fraction of sp³-hybridized carbons (Fsp3) is 1.00. The van der Waals surface area contributed by atoms with E-state index in [2.05, 4.69) is 0 Å². The number of rotatable bonds is 0. The van der Waals surface area contributed by atoms with Crippen LogP contribution in [0.2, 0.25) is 0 Å². The van der Waals surface area contributed by atoms with Crippen molar-refractivity contribution in [3.8, 4) is 0 Å². The molecule has 1 nitrogen and oxygen atoms in total. The molecule has 0 saturated heterocycles. The average Bonchev–Trinajstić information content (AvgIpc) is 3.15. The molecule has 0 aliphatic rings. The zero-order chi connectivity index (χ0) is 56.8. The zero-order valence-electron chi connectivity index (χ0n) is 31.4. The van der Waals surface area contributed by atoms with Gasteiger partial charge in [-0.2, -0.15) is 0 Å². The summed E-state index contributed by atoms with van der Waals surface area (Å²) in [5, 5.41) is 11.5. The van der Waals surface area contributed by atoms with Crippen molar-refractivity contribution in [2.45, 2.75) is 6.92 Å². The monoisotopic (exact) mass is 1730 g/mol. The number of aliphatic hydroxyl groups is 1. The standard InChI is InChI=1S/C2H6O.20CH2Cl2/c1-2-3;20*2-1-3/h3H,2H2,1H3;20*1H2. The number of hydrogen-bond acceptors (Lipinski definition) is 1. The smallest absolute Gasteiger partial charge is 0.0967 e. The summed E-state index contributed by atoms with van der Waals surface area (Å²) < 4.78 is 0. The van der Waals surface area contributed by atoms with Crippen molar-refractivity contribution in [3.05, 3.63) is 0 Å². The first-order valence-corrected chi connectivity index (χ1v) is 33.1. The summed E-state index contributed by atoms with van der Waals surface area (Å²) in [5.74, 6) is 0. The highest BCUT2D eigenvalue weighted by atomic mass is 35.6. The lowest BCUT2D eigenvalue weighted by Gasteiger charge is -1.52. The molecule has 1 N–H and O–H groups in total. The van der Waals surface area contributed by atoms with E-state index in [1.165, 1.54) is 0 Å². The lowest BCUT2D eigenvalue weighted by atomic mass is 10.9. The molecular weight excluding hydrogens is 1700 g/mol. The predicted octanol–water partition coefficient (Wildman–Crippen LogP) is 28.4. The largest absolute Gasteiger partial charge is 0.397 e. The van der Waals surface area contributed by atoms with E-state index in [0.717, 1.165) is 0 Å². The second-order valence-electron chi connectivity index (χ2n) is 2.34. The molecule has 0 rings (SSSR count). The molecule has 0 aliphatic carbocycles. The molecule has 0 saturated carbocycles. The van der Waals surface area contributed by atoms with Gasteiger partial charge in [-0.25, -0.2) is 0 Å². The molecule has 63 heavy (non-hydrogen) atoms. The second kappa shape index (κ2) is 365. The van der Waals surface area contributed by atoms with Crippen molar-refractivity contribution in [2.75, 3.05) is 113 Å². The van der Waals surface area contributed by atoms with Crippen molar-refractivity contribution in [1.82, 2.24) is 0 Å². The summed E-state index contributed by atoms with van der Waals surface area (Å²) in [7, 11) is 0. The van der Waals surface area contributed by atoms with Crippen molar-refractivity contribution < 1.29 is 5.11 Å². The van der Waals surface area contributed by atoms with Crippen molar-refractivity contribution in [1.29, 1.82) is 0 Å². The SMILES string of the molecule is CCO.ClCCl.ClCCl.ClCCl.ClCCl.ClCCl.ClCCl.ClCCl.ClCCl.ClCCl.ClCCl.ClCCl.ClCCl.ClCCl.ClCCl.ClCCl.ClCCl.ClCCl.ClCCl.ClCCl.ClCCl. The molecule has 0 bridgehead atoms. The predicted molar refractivity (Wildman–Crippen MR) is 344 cm³/mol. The van der Waals surface area contributed by atoms with Gasteiger partial charge in [0.25, 0.3) is 0 Å². The van der Waals surface area contributed by atoms with Crippen molar-refractivity contribution in [2.24, 2.45) is 0 Å². The van der Waals surface area contributed by atoms with E-state index in [-0.39, 0.29) is 113 Å². The summed E-state index contributed by atoms with van der Waals surface area (Å²) >= 11 is 191. The van der Waals surface area contributed by atoms with Crippen LogP contribution in [0.3, 0.4) is 0 Å². The molecule has 0 spiro atoms. The van der Waals surface area contributed by atoms with Gasteiger partial charge in [-0.1, -0.05) is 0 Å². The second-order valence-corrected chi connectivity index (χ2v) is 18.5. The molecule has 420 valence electrons. The molecule has 0 amide bonds. The van der Waals surface area contributed by atoms with Crippen LogP contribution in [0.25, 0.3) is 0 Å². The van der Waals surface area contributed by atoms with Crippen LogP contribution in [-0.4, -0.2) is 118 Å². The maximum absolute atomic E-state index is 7.57. The lowest BCUT2D eigenvalue weighted by molar-refractivity contribution is 0.318. The highest BCUT2D eigenvalue weighted by Crippen LogP contribution is 1.78. The highest BCUT2D eigenvalue weighted by Gasteiger charge is 1.47. The first-order chi connectivity index (χ1) is 29.7. The maximum Gasteiger partial charge on any atom is 0.0967 e. The fourth-order valence-electron chi connectivity index (χ4n) is 0. The third-order valence-electron chi connectivity index (χ3n) is 0. The van der Waals surface area contributed by atoms with Crippen LogP contribution < -0.4 is 0 Å². The van der Waals surface area contributed by atoms with Gasteiger partial charge in [0.05, 0.1) is 107 Å². The van der Waals surface area contributed by atoms with E-state index < -0.39 is 0 Å². The molecule has 0 fully saturated rings. The molecule has 0 aromatic carbocycles. The van der Waals surface area contributed by atoms with Gasteiger partial charge in [-0.3, -0.25) is 0 Å². The number of halogens is 40. The molecule has 0 aliphatic heterocycles. The van der Waals surface area contributed by atoms with E-state index in [4.69, 9.17) is 469 Å². The summed E-state index contributed by atoms with van der Waals surface area (Å²) in [4.78, 5) is 0. The Morgan fingerprint density at radius 1 is 0.143 bits per heavy atom. The third kappa shape index (κ3) is 2820. The van der Waals surface area contributed by atoms with Crippen LogP contribution in [0.4, 0.5) is 0 Å². The Morgan fingerprint density at radius 3 is 0.143 bits per heavy atom. The molecule has 0 atom stereocenters. The van der Waals surface area contributed by atoms with E-state index in [0.29, 0.717) is 0 Å². The molecule has 0 radical (unpaired) electrons. The Hall–Kier alpha value is 11.6. The van der Waals surface area contributed by atoms with Gasteiger partial charge < -0.3 is 5.11 Å². The Labute approximate surface area is 579 Å². The van der Waals surface area contributed by atoms with Crippen LogP contribution in [-0.2, 0) is 0 Å². The minimum atomic E-state index is 0.194. The Morgan fingerprint density at radius 2 is 0.143 bits per heavy atom. The molecule has 0 heterocycles. The third-order valence-corrected chi connectivity index (χ3v) is 0. The minimum absolute atomic E-state index is 0.194. The Bertz CT molecular complexity index is 158. The summed E-state index contributed by atoms with van der Waals surface area (Å²) in [5.41, 5.74) is 0. The summed E-state index contributed by atoms with van der Waals surface area (Å²) in [6, 6.07) is 0. The number of aliphatic hydroxyl groups excluding tert-OH is 1. The highest BCUT2D eigenvalue weighted by molar-refractivity contribution is 6.46. The van der Waals surface area contributed by atoms with Crippen molar-refractivity contribution >= 4 is 464 Å². The molecule has 0 aromatic heterocycles. The van der Waals surface area contributed by atoms with Gasteiger partial charge in [0.1, 0.15) is 0 Å². The van der Waals surface area contributed by atoms with E-state index in [1.54, 1.807) is 6.92 Å². The number of hydrogen-bond donors (Lipinski definition) is 1. The van der Waals surface area contributed by atoms with Crippen LogP contribution in [0.15, 0.2) is 0 Å². The van der Waals surface area contributed by atoms with Gasteiger partial charge in [0.2, 0.25) is 0 Å². The molecule has 0 unspecified atom stereocenters. The number of alkyl halides is 40. The van der Waals surface area contributed by atoms with Gasteiger partial charge in [0, 0.05) is 6.61 Å². The topological polar surface area (TPSA) is 20.2 Å². The first kappa shape index (κ1) is 141. The fourth-order valence-corrected chi connectivity index (χ4v) is 0. The van der Waals surface area contributed by atoms with Crippen LogP contribution >= 0.6 is 464 Å². The summed E-state index contributed by atoms with van der Waals surface area (Å²) in [6.45, 7) is 1.93. The van der Waals surface area contributed by atoms with E-state index >= 15 is 0 Å². The Balaban J connectivity index is -0.0000000155. The van der Waals surface area contributed by atoms with Crippen molar-refractivity contribution in [3.63, 3.8) is 0 Å². The molecular formula is C22H46Cl40O. The zero-order valence-corrected chi connectivity index (χ0v) is 61.7. The van der Waals surface area contributed by atoms with Crippen LogP contribution in [0, 0.1) is 0 Å². The first-order valence-electron chi connectivity index (χ1n) is 11.7. The van der Waals surface area contributed by atoms with E-state index in [1.807, 2.05) is 0 Å². The van der Waals surface area contributed by atoms with Crippen LogP contribution in [0.1, 0.15) is 6.92 Å². The van der Waals surface area contributed by atoms with Crippen LogP contribution in [0.5, 0.6) is 0 Å². The average molecular weight is 1740 g/mol. The molecule has 0 aromatic rings. The molecule has 41 heteroatoms. The maximum atomic E-state index is 7.57. The lowest BCUT2D eigenvalue weighted by Crippen LogP contribution is -1.57. The quantitative estimate of drug-likeness (QED) is 0.240. The minimum Gasteiger partial charge on any atom is -0.397 e. The Kier molecular flexibility index (Phi) is 816. The van der Waals surface area contributed by atoms with E-state index in [9.17, 15) is 0 Å². The summed E-state index contributed by atoms with van der Waals surface area (Å²) in [6.07, 6.45) is 0. The van der Waals surface area contributed by atoms with Gasteiger partial charge in [-0.15, -0.1) is 464 Å². The van der Waals surface area contributed by atoms with Gasteiger partial charge >= 0.3 is 0 Å². The normalized spacial score (nSPS) is 6.00. The van der Waals surface area contributed by atoms with Gasteiger partial charge in [0.15, 0.2) is 0 Å².